The smallest absolute Gasteiger partial charge is 0.135 e. The summed E-state index contributed by atoms with van der Waals surface area (Å²) in [6, 6.07) is 5.97. The Hall–Kier alpha value is -0.990. The molecular formula is C12H14ClNO. The number of furan rings is 1. The maximum absolute atomic E-state index is 6.29. The van der Waals surface area contributed by atoms with Crippen molar-refractivity contribution in [3.8, 4) is 0 Å². The van der Waals surface area contributed by atoms with Crippen molar-refractivity contribution in [3.05, 3.63) is 34.5 Å². The van der Waals surface area contributed by atoms with E-state index in [1.807, 2.05) is 25.1 Å². The minimum absolute atomic E-state index is 0.693. The van der Waals surface area contributed by atoms with E-state index in [2.05, 4.69) is 0 Å². The predicted octanol–water partition coefficient (Wildman–Crippen LogP) is 3.29. The minimum atomic E-state index is 0.693. The largest absolute Gasteiger partial charge is 0.461 e. The van der Waals surface area contributed by atoms with Crippen LogP contribution in [0.15, 0.2) is 22.6 Å². The van der Waals surface area contributed by atoms with E-state index in [0.717, 1.165) is 40.2 Å². The van der Waals surface area contributed by atoms with Gasteiger partial charge in [0.25, 0.3) is 0 Å². The quantitative estimate of drug-likeness (QED) is 0.868. The lowest BCUT2D eigenvalue weighted by molar-refractivity contribution is 0.578. The first-order valence-electron chi connectivity index (χ1n) is 5.10. The fraction of sp³-hybridized carbons (Fsp3) is 0.333. The first-order valence-corrected chi connectivity index (χ1v) is 5.48. The van der Waals surface area contributed by atoms with Crippen LogP contribution < -0.4 is 5.73 Å². The fourth-order valence-electron chi connectivity index (χ4n) is 1.74. The predicted molar refractivity (Wildman–Crippen MR) is 63.3 cm³/mol. The Kier molecular flexibility index (Phi) is 2.98. The number of hydrogen-bond acceptors (Lipinski definition) is 2. The summed E-state index contributed by atoms with van der Waals surface area (Å²) < 4.78 is 5.50. The average Bonchev–Trinajstić information content (AvgIpc) is 2.59. The zero-order chi connectivity index (χ0) is 10.8. The molecule has 2 aromatic rings. The first kappa shape index (κ1) is 10.5. The van der Waals surface area contributed by atoms with E-state index in [0.29, 0.717) is 6.54 Å². The van der Waals surface area contributed by atoms with Gasteiger partial charge < -0.3 is 10.2 Å². The number of benzene rings is 1. The summed E-state index contributed by atoms with van der Waals surface area (Å²) in [5, 5.41) is 1.81. The van der Waals surface area contributed by atoms with Gasteiger partial charge in [0.15, 0.2) is 0 Å². The third-order valence-corrected chi connectivity index (χ3v) is 2.93. The van der Waals surface area contributed by atoms with Gasteiger partial charge in [-0.1, -0.05) is 17.7 Å². The molecule has 80 valence electrons. The van der Waals surface area contributed by atoms with Crippen molar-refractivity contribution in [1.29, 1.82) is 0 Å². The van der Waals surface area contributed by atoms with Crippen LogP contribution in [-0.2, 0) is 6.42 Å². The standard InChI is InChI=1S/C12H14ClNO/c1-8-7-10-11(15-8)5-4-9(12(10)13)3-2-6-14/h4-5,7H,2-3,6,14H2,1H3. The maximum atomic E-state index is 6.29. The molecule has 0 saturated carbocycles. The molecule has 0 bridgehead atoms. The van der Waals surface area contributed by atoms with E-state index in [4.69, 9.17) is 21.8 Å². The van der Waals surface area contributed by atoms with Crippen LogP contribution in [0, 0.1) is 6.92 Å². The Morgan fingerprint density at radius 2 is 2.20 bits per heavy atom. The van der Waals surface area contributed by atoms with Gasteiger partial charge in [-0.25, -0.2) is 0 Å². The van der Waals surface area contributed by atoms with Crippen molar-refractivity contribution in [3.63, 3.8) is 0 Å². The van der Waals surface area contributed by atoms with E-state index in [-0.39, 0.29) is 0 Å². The van der Waals surface area contributed by atoms with Gasteiger partial charge in [-0.15, -0.1) is 0 Å². The lowest BCUT2D eigenvalue weighted by atomic mass is 10.1. The van der Waals surface area contributed by atoms with E-state index < -0.39 is 0 Å². The molecule has 0 aliphatic rings. The van der Waals surface area contributed by atoms with Gasteiger partial charge in [0, 0.05) is 5.39 Å². The van der Waals surface area contributed by atoms with E-state index >= 15 is 0 Å². The van der Waals surface area contributed by atoms with E-state index in [1.54, 1.807) is 0 Å². The molecule has 2 nitrogen and oxygen atoms in total. The molecule has 0 spiro atoms. The Morgan fingerprint density at radius 3 is 2.93 bits per heavy atom. The molecule has 0 unspecified atom stereocenters. The van der Waals surface area contributed by atoms with E-state index in [1.165, 1.54) is 0 Å². The molecular weight excluding hydrogens is 210 g/mol. The van der Waals surface area contributed by atoms with Crippen molar-refractivity contribution in [2.24, 2.45) is 5.73 Å². The lowest BCUT2D eigenvalue weighted by Crippen LogP contribution is -2.00. The Bertz CT molecular complexity index is 476. The summed E-state index contributed by atoms with van der Waals surface area (Å²) in [5.41, 5.74) is 7.49. The van der Waals surface area contributed by atoms with Gasteiger partial charge in [0.2, 0.25) is 0 Å². The van der Waals surface area contributed by atoms with Crippen LogP contribution in [0.25, 0.3) is 11.0 Å². The van der Waals surface area contributed by atoms with Crippen molar-refractivity contribution >= 4 is 22.6 Å². The van der Waals surface area contributed by atoms with Crippen LogP contribution in [0.3, 0.4) is 0 Å². The molecule has 0 aliphatic carbocycles. The second-order valence-corrected chi connectivity index (χ2v) is 4.08. The average molecular weight is 224 g/mol. The van der Waals surface area contributed by atoms with Crippen LogP contribution in [-0.4, -0.2) is 6.54 Å². The van der Waals surface area contributed by atoms with Crippen molar-refractivity contribution in [1.82, 2.24) is 0 Å². The molecule has 1 heterocycles. The minimum Gasteiger partial charge on any atom is -0.461 e. The molecule has 0 radical (unpaired) electrons. The van der Waals surface area contributed by atoms with Gasteiger partial charge in [0.05, 0.1) is 5.02 Å². The maximum Gasteiger partial charge on any atom is 0.135 e. The number of rotatable bonds is 3. The van der Waals surface area contributed by atoms with Crippen molar-refractivity contribution in [2.45, 2.75) is 19.8 Å². The normalized spacial score (nSPS) is 11.1. The molecule has 1 aromatic heterocycles. The summed E-state index contributed by atoms with van der Waals surface area (Å²) in [4.78, 5) is 0. The molecule has 0 aliphatic heterocycles. The Balaban J connectivity index is 2.45. The monoisotopic (exact) mass is 223 g/mol. The van der Waals surface area contributed by atoms with Gasteiger partial charge in [-0.3, -0.25) is 0 Å². The van der Waals surface area contributed by atoms with Gasteiger partial charge >= 0.3 is 0 Å². The molecule has 2 rings (SSSR count). The molecule has 0 saturated heterocycles. The Labute approximate surface area is 94.0 Å². The second kappa shape index (κ2) is 4.25. The highest BCUT2D eigenvalue weighted by molar-refractivity contribution is 6.36. The zero-order valence-electron chi connectivity index (χ0n) is 8.72. The first-order chi connectivity index (χ1) is 7.22. The molecule has 0 amide bonds. The summed E-state index contributed by atoms with van der Waals surface area (Å²) in [6.07, 6.45) is 1.89. The number of halogens is 1. The van der Waals surface area contributed by atoms with Crippen LogP contribution >= 0.6 is 11.6 Å². The van der Waals surface area contributed by atoms with Gasteiger partial charge in [-0.2, -0.15) is 0 Å². The lowest BCUT2D eigenvalue weighted by Gasteiger charge is -2.03. The third kappa shape index (κ3) is 2.01. The highest BCUT2D eigenvalue weighted by atomic mass is 35.5. The van der Waals surface area contributed by atoms with E-state index in [9.17, 15) is 0 Å². The van der Waals surface area contributed by atoms with Crippen molar-refractivity contribution < 1.29 is 4.42 Å². The molecule has 0 atom stereocenters. The molecule has 0 fully saturated rings. The highest BCUT2D eigenvalue weighted by Crippen LogP contribution is 2.30. The molecule has 1 aromatic carbocycles. The highest BCUT2D eigenvalue weighted by Gasteiger charge is 2.08. The van der Waals surface area contributed by atoms with Crippen LogP contribution in [0.2, 0.25) is 5.02 Å². The SMILES string of the molecule is Cc1cc2c(Cl)c(CCCN)ccc2o1. The second-order valence-electron chi connectivity index (χ2n) is 3.70. The summed E-state index contributed by atoms with van der Waals surface area (Å²) in [6.45, 7) is 2.62. The number of aryl methyl sites for hydroxylation is 2. The van der Waals surface area contributed by atoms with Crippen molar-refractivity contribution in [2.75, 3.05) is 6.54 Å². The van der Waals surface area contributed by atoms with Crippen LogP contribution in [0.1, 0.15) is 17.7 Å². The molecule has 15 heavy (non-hydrogen) atoms. The number of hydrogen-bond donors (Lipinski definition) is 1. The van der Waals surface area contributed by atoms with Crippen LogP contribution in [0.4, 0.5) is 0 Å². The fourth-order valence-corrected chi connectivity index (χ4v) is 2.04. The van der Waals surface area contributed by atoms with Gasteiger partial charge in [-0.05, 0) is 44.0 Å². The zero-order valence-corrected chi connectivity index (χ0v) is 9.47. The molecule has 3 heteroatoms. The Morgan fingerprint density at radius 1 is 1.40 bits per heavy atom. The summed E-state index contributed by atoms with van der Waals surface area (Å²) in [7, 11) is 0. The third-order valence-electron chi connectivity index (χ3n) is 2.49. The summed E-state index contributed by atoms with van der Waals surface area (Å²) in [5.74, 6) is 0.892. The number of nitrogens with two attached hydrogens (primary N) is 1. The van der Waals surface area contributed by atoms with Gasteiger partial charge in [0.1, 0.15) is 11.3 Å². The molecule has 2 N–H and O–H groups in total. The number of fused-ring (bicyclic) bond motifs is 1. The summed E-state index contributed by atoms with van der Waals surface area (Å²) >= 11 is 6.29. The topological polar surface area (TPSA) is 39.2 Å². The van der Waals surface area contributed by atoms with Crippen LogP contribution in [0.5, 0.6) is 0 Å².